The van der Waals surface area contributed by atoms with Gasteiger partial charge < -0.3 is 9.73 Å². The second kappa shape index (κ2) is 4.30. The number of furan rings is 1. The summed E-state index contributed by atoms with van der Waals surface area (Å²) in [5, 5.41) is 5.44. The third kappa shape index (κ3) is 1.74. The van der Waals surface area contributed by atoms with Gasteiger partial charge in [0.15, 0.2) is 5.11 Å². The summed E-state index contributed by atoms with van der Waals surface area (Å²) in [6.45, 7) is 1.81. The van der Waals surface area contributed by atoms with Crippen LogP contribution in [0.1, 0.15) is 6.92 Å². The largest absolute Gasteiger partial charge is 0.456 e. The van der Waals surface area contributed by atoms with Crippen LogP contribution in [0.5, 0.6) is 0 Å². The number of nitrogens with zero attached hydrogens (tertiary/aromatic N) is 1. The van der Waals surface area contributed by atoms with Crippen molar-refractivity contribution in [1.82, 2.24) is 5.32 Å². The minimum Gasteiger partial charge on any atom is -0.456 e. The molecule has 21 heavy (non-hydrogen) atoms. The van der Waals surface area contributed by atoms with Crippen molar-refractivity contribution >= 4 is 50.9 Å². The minimum absolute atomic E-state index is 0.0350. The zero-order valence-electron chi connectivity index (χ0n) is 11.3. The predicted octanol–water partition coefficient (Wildman–Crippen LogP) is 3.20. The average Bonchev–Trinajstić information content (AvgIpc) is 2.96. The molecule has 4 rings (SSSR count). The Morgan fingerprint density at radius 3 is 2.67 bits per heavy atom. The molecule has 2 heterocycles. The minimum atomic E-state index is -0.283. The van der Waals surface area contributed by atoms with Crippen LogP contribution in [-0.4, -0.2) is 17.1 Å². The Labute approximate surface area is 126 Å². The molecule has 1 unspecified atom stereocenters. The molecular formula is C16H12N2O2S. The van der Waals surface area contributed by atoms with Gasteiger partial charge in [-0.2, -0.15) is 0 Å². The Bertz CT molecular complexity index is 900. The molecule has 2 aromatic carbocycles. The zero-order chi connectivity index (χ0) is 14.6. The van der Waals surface area contributed by atoms with Gasteiger partial charge in [-0.3, -0.25) is 9.69 Å². The Morgan fingerprint density at radius 1 is 1.14 bits per heavy atom. The molecule has 1 saturated heterocycles. The fourth-order valence-corrected chi connectivity index (χ4v) is 3.08. The molecule has 1 amide bonds. The maximum atomic E-state index is 12.2. The number of rotatable bonds is 1. The van der Waals surface area contributed by atoms with E-state index < -0.39 is 0 Å². The van der Waals surface area contributed by atoms with Crippen molar-refractivity contribution in [2.75, 3.05) is 4.90 Å². The summed E-state index contributed by atoms with van der Waals surface area (Å²) < 4.78 is 5.79. The van der Waals surface area contributed by atoms with Crippen molar-refractivity contribution in [2.45, 2.75) is 13.0 Å². The predicted molar refractivity (Wildman–Crippen MR) is 86.4 cm³/mol. The van der Waals surface area contributed by atoms with Crippen LogP contribution >= 0.6 is 12.2 Å². The highest BCUT2D eigenvalue weighted by atomic mass is 32.1. The maximum Gasteiger partial charge on any atom is 0.255 e. The van der Waals surface area contributed by atoms with E-state index in [2.05, 4.69) is 5.32 Å². The molecule has 1 fully saturated rings. The van der Waals surface area contributed by atoms with Gasteiger partial charge in [-0.1, -0.05) is 18.2 Å². The van der Waals surface area contributed by atoms with E-state index in [-0.39, 0.29) is 11.9 Å². The topological polar surface area (TPSA) is 45.5 Å². The second-order valence-corrected chi connectivity index (χ2v) is 5.51. The van der Waals surface area contributed by atoms with Crippen LogP contribution in [0.2, 0.25) is 0 Å². The summed E-state index contributed by atoms with van der Waals surface area (Å²) in [6, 6.07) is 13.3. The summed E-state index contributed by atoms with van der Waals surface area (Å²) in [5.74, 6) is -0.0350. The molecule has 0 spiro atoms. The average molecular weight is 296 g/mol. The molecule has 0 aliphatic carbocycles. The number of benzene rings is 2. The number of thiocarbonyl (C=S) groups is 1. The van der Waals surface area contributed by atoms with Crippen LogP contribution < -0.4 is 10.2 Å². The van der Waals surface area contributed by atoms with E-state index in [1.54, 1.807) is 11.8 Å². The number of fused-ring (bicyclic) bond motifs is 3. The van der Waals surface area contributed by atoms with E-state index in [0.29, 0.717) is 5.11 Å². The molecule has 1 aliphatic heterocycles. The SMILES string of the molecule is CC1NC(=S)N(c2ccc3oc4ccccc4c3c2)C1=O. The lowest BCUT2D eigenvalue weighted by Crippen LogP contribution is -2.30. The Hall–Kier alpha value is -2.40. The quantitative estimate of drug-likeness (QED) is 0.701. The number of hydrogen-bond donors (Lipinski definition) is 1. The van der Waals surface area contributed by atoms with Crippen molar-refractivity contribution < 1.29 is 9.21 Å². The third-order valence-corrected chi connectivity index (χ3v) is 4.05. The molecule has 104 valence electrons. The van der Waals surface area contributed by atoms with E-state index >= 15 is 0 Å². The molecule has 0 saturated carbocycles. The van der Waals surface area contributed by atoms with Crippen LogP contribution in [-0.2, 0) is 4.79 Å². The number of amides is 1. The number of carbonyl (C=O) groups is 1. The molecule has 1 atom stereocenters. The van der Waals surface area contributed by atoms with Gasteiger partial charge in [-0.15, -0.1) is 0 Å². The molecule has 1 aromatic heterocycles. The van der Waals surface area contributed by atoms with E-state index in [1.807, 2.05) is 42.5 Å². The van der Waals surface area contributed by atoms with Gasteiger partial charge in [0.25, 0.3) is 5.91 Å². The molecular weight excluding hydrogens is 284 g/mol. The highest BCUT2D eigenvalue weighted by Gasteiger charge is 2.33. The Balaban J connectivity index is 1.92. The van der Waals surface area contributed by atoms with E-state index in [0.717, 1.165) is 27.6 Å². The van der Waals surface area contributed by atoms with Gasteiger partial charge in [-0.05, 0) is 43.4 Å². The fraction of sp³-hybridized carbons (Fsp3) is 0.125. The first-order valence-electron chi connectivity index (χ1n) is 6.71. The van der Waals surface area contributed by atoms with Gasteiger partial charge in [0, 0.05) is 10.8 Å². The van der Waals surface area contributed by atoms with Gasteiger partial charge in [0.2, 0.25) is 0 Å². The van der Waals surface area contributed by atoms with Gasteiger partial charge >= 0.3 is 0 Å². The molecule has 1 aliphatic rings. The number of carbonyl (C=O) groups excluding carboxylic acids is 1. The molecule has 0 radical (unpaired) electrons. The first kappa shape index (κ1) is 12.3. The first-order chi connectivity index (χ1) is 10.1. The standard InChI is InChI=1S/C16H12N2O2S/c1-9-15(19)18(16(21)17-9)10-6-7-14-12(8-10)11-4-2-3-5-13(11)20-14/h2-9H,1H3,(H,17,21). The monoisotopic (exact) mass is 296 g/mol. The molecule has 3 aromatic rings. The first-order valence-corrected chi connectivity index (χ1v) is 7.12. The molecule has 4 nitrogen and oxygen atoms in total. The smallest absolute Gasteiger partial charge is 0.255 e. The molecule has 5 heteroatoms. The summed E-state index contributed by atoms with van der Waals surface area (Å²) in [4.78, 5) is 13.7. The lowest BCUT2D eigenvalue weighted by Gasteiger charge is -2.14. The fourth-order valence-electron chi connectivity index (χ4n) is 2.70. The molecule has 0 bridgehead atoms. The van der Waals surface area contributed by atoms with Gasteiger partial charge in [0.05, 0.1) is 5.69 Å². The van der Waals surface area contributed by atoms with Crippen LogP contribution in [0.25, 0.3) is 21.9 Å². The summed E-state index contributed by atoms with van der Waals surface area (Å²) in [6.07, 6.45) is 0. The van der Waals surface area contributed by atoms with Gasteiger partial charge in [-0.25, -0.2) is 0 Å². The van der Waals surface area contributed by atoms with E-state index in [9.17, 15) is 4.79 Å². The summed E-state index contributed by atoms with van der Waals surface area (Å²) >= 11 is 5.25. The lowest BCUT2D eigenvalue weighted by atomic mass is 10.1. The lowest BCUT2D eigenvalue weighted by molar-refractivity contribution is -0.117. The van der Waals surface area contributed by atoms with Crippen molar-refractivity contribution in [2.24, 2.45) is 0 Å². The normalized spacial score (nSPS) is 18.7. The van der Waals surface area contributed by atoms with Crippen molar-refractivity contribution in [3.05, 3.63) is 42.5 Å². The van der Waals surface area contributed by atoms with Crippen molar-refractivity contribution in [1.29, 1.82) is 0 Å². The van der Waals surface area contributed by atoms with Crippen LogP contribution in [0, 0.1) is 0 Å². The highest BCUT2D eigenvalue weighted by Crippen LogP contribution is 2.32. The van der Waals surface area contributed by atoms with E-state index in [1.165, 1.54) is 0 Å². The van der Waals surface area contributed by atoms with E-state index in [4.69, 9.17) is 16.6 Å². The zero-order valence-corrected chi connectivity index (χ0v) is 12.1. The van der Waals surface area contributed by atoms with Crippen LogP contribution in [0.15, 0.2) is 46.9 Å². The number of anilines is 1. The van der Waals surface area contributed by atoms with Crippen LogP contribution in [0.4, 0.5) is 5.69 Å². The van der Waals surface area contributed by atoms with Crippen molar-refractivity contribution in [3.63, 3.8) is 0 Å². The molecule has 1 N–H and O–H groups in total. The van der Waals surface area contributed by atoms with Crippen LogP contribution in [0.3, 0.4) is 0 Å². The summed E-state index contributed by atoms with van der Waals surface area (Å²) in [5.41, 5.74) is 2.41. The number of hydrogen-bond acceptors (Lipinski definition) is 3. The van der Waals surface area contributed by atoms with Gasteiger partial charge in [0.1, 0.15) is 17.2 Å². The number of nitrogens with one attached hydrogen (secondary N) is 1. The highest BCUT2D eigenvalue weighted by molar-refractivity contribution is 7.80. The number of para-hydroxylation sites is 1. The summed E-state index contributed by atoms with van der Waals surface area (Å²) in [7, 11) is 0. The third-order valence-electron chi connectivity index (χ3n) is 3.75. The van der Waals surface area contributed by atoms with Crippen molar-refractivity contribution in [3.8, 4) is 0 Å². The Morgan fingerprint density at radius 2 is 1.90 bits per heavy atom. The Kier molecular flexibility index (Phi) is 2.53. The second-order valence-electron chi connectivity index (χ2n) is 5.12. The maximum absolute atomic E-state index is 12.2.